The number of halogens is 1. The summed E-state index contributed by atoms with van der Waals surface area (Å²) in [7, 11) is -3.61. The van der Waals surface area contributed by atoms with Crippen LogP contribution in [0.3, 0.4) is 0 Å². The summed E-state index contributed by atoms with van der Waals surface area (Å²) in [6.45, 7) is 3.61. The second-order valence-corrected chi connectivity index (χ2v) is 10.4. The van der Waals surface area contributed by atoms with Crippen LogP contribution in [0.1, 0.15) is 18.9 Å². The van der Waals surface area contributed by atoms with Crippen molar-refractivity contribution in [2.45, 2.75) is 28.7 Å². The van der Waals surface area contributed by atoms with Crippen LogP contribution in [0.15, 0.2) is 62.9 Å². The zero-order chi connectivity index (χ0) is 19.3. The predicted molar refractivity (Wildman–Crippen MR) is 115 cm³/mol. The number of nitrogens with one attached hydrogen (secondary N) is 1. The quantitative estimate of drug-likeness (QED) is 0.640. The molecule has 1 N–H and O–H groups in total. The standard InChI is InChI=1S/C21H22BrN3O2S/c22-15-4-7-20-19(12-15)21(14-25(20)16-5-6-16)28(26,27)18-3-1-2-17(13-18)24-10-8-23-9-11-24/h1-4,7,12-14,16,23H,5-6,8-11H2. The summed E-state index contributed by atoms with van der Waals surface area (Å²) in [4.78, 5) is 2.99. The van der Waals surface area contributed by atoms with E-state index < -0.39 is 9.84 Å². The van der Waals surface area contributed by atoms with Crippen LogP contribution in [-0.2, 0) is 9.84 Å². The maximum atomic E-state index is 13.6. The molecule has 28 heavy (non-hydrogen) atoms. The fourth-order valence-electron chi connectivity index (χ4n) is 3.96. The van der Waals surface area contributed by atoms with Crippen molar-refractivity contribution >= 4 is 42.4 Å². The van der Waals surface area contributed by atoms with Gasteiger partial charge >= 0.3 is 0 Å². The predicted octanol–water partition coefficient (Wildman–Crippen LogP) is 3.98. The van der Waals surface area contributed by atoms with Crippen molar-refractivity contribution in [3.8, 4) is 0 Å². The molecule has 0 radical (unpaired) electrons. The van der Waals surface area contributed by atoms with E-state index >= 15 is 0 Å². The molecule has 0 spiro atoms. The molecule has 1 aliphatic carbocycles. The lowest BCUT2D eigenvalue weighted by molar-refractivity contribution is 0.587. The molecular formula is C21H22BrN3O2S. The van der Waals surface area contributed by atoms with Gasteiger partial charge in [0.25, 0.3) is 0 Å². The third kappa shape index (κ3) is 3.15. The molecular weight excluding hydrogens is 438 g/mol. The first-order chi connectivity index (χ1) is 13.5. The number of anilines is 1. The van der Waals surface area contributed by atoms with E-state index in [2.05, 4.69) is 30.7 Å². The molecule has 7 heteroatoms. The highest BCUT2D eigenvalue weighted by Gasteiger charge is 2.30. The molecule has 0 bridgehead atoms. The van der Waals surface area contributed by atoms with E-state index in [9.17, 15) is 8.42 Å². The summed E-state index contributed by atoms with van der Waals surface area (Å²) in [5.74, 6) is 0. The molecule has 2 heterocycles. The van der Waals surface area contributed by atoms with Crippen molar-refractivity contribution in [2.75, 3.05) is 31.1 Å². The Hall–Kier alpha value is -1.83. The summed E-state index contributed by atoms with van der Waals surface area (Å²) in [6.07, 6.45) is 4.05. The number of fused-ring (bicyclic) bond motifs is 1. The van der Waals surface area contributed by atoms with Gasteiger partial charge in [-0.25, -0.2) is 8.42 Å². The van der Waals surface area contributed by atoms with Crippen molar-refractivity contribution in [3.63, 3.8) is 0 Å². The molecule has 1 aliphatic heterocycles. The minimum Gasteiger partial charge on any atom is -0.369 e. The van der Waals surface area contributed by atoms with E-state index in [1.165, 1.54) is 0 Å². The van der Waals surface area contributed by atoms with E-state index in [0.717, 1.165) is 60.1 Å². The maximum Gasteiger partial charge on any atom is 0.208 e. The number of aromatic nitrogens is 1. The van der Waals surface area contributed by atoms with Gasteiger partial charge in [0, 0.05) is 59.5 Å². The number of hydrogen-bond donors (Lipinski definition) is 1. The van der Waals surface area contributed by atoms with E-state index in [-0.39, 0.29) is 0 Å². The van der Waals surface area contributed by atoms with Gasteiger partial charge < -0.3 is 14.8 Å². The molecule has 1 saturated heterocycles. The highest BCUT2D eigenvalue weighted by atomic mass is 79.9. The summed E-state index contributed by atoms with van der Waals surface area (Å²) >= 11 is 3.50. The molecule has 2 aromatic carbocycles. The lowest BCUT2D eigenvalue weighted by atomic mass is 10.2. The van der Waals surface area contributed by atoms with Crippen LogP contribution in [0, 0.1) is 0 Å². The molecule has 3 aromatic rings. The van der Waals surface area contributed by atoms with Crippen molar-refractivity contribution in [2.24, 2.45) is 0 Å². The van der Waals surface area contributed by atoms with E-state index in [1.807, 2.05) is 42.6 Å². The molecule has 146 valence electrons. The van der Waals surface area contributed by atoms with Crippen LogP contribution in [-0.4, -0.2) is 39.2 Å². The highest BCUT2D eigenvalue weighted by molar-refractivity contribution is 9.10. The molecule has 2 aliphatic rings. The van der Waals surface area contributed by atoms with Crippen molar-refractivity contribution in [1.29, 1.82) is 0 Å². The van der Waals surface area contributed by atoms with E-state index in [0.29, 0.717) is 15.8 Å². The number of piperazine rings is 1. The number of hydrogen-bond acceptors (Lipinski definition) is 4. The van der Waals surface area contributed by atoms with E-state index in [4.69, 9.17) is 0 Å². The van der Waals surface area contributed by atoms with Gasteiger partial charge in [-0.1, -0.05) is 22.0 Å². The summed E-state index contributed by atoms with van der Waals surface area (Å²) in [5.41, 5.74) is 1.96. The third-order valence-electron chi connectivity index (χ3n) is 5.60. The zero-order valence-electron chi connectivity index (χ0n) is 15.4. The lowest BCUT2D eigenvalue weighted by Crippen LogP contribution is -2.43. The Morgan fingerprint density at radius 3 is 2.57 bits per heavy atom. The maximum absolute atomic E-state index is 13.6. The fraction of sp³-hybridized carbons (Fsp3) is 0.333. The average Bonchev–Trinajstić information content (AvgIpc) is 3.49. The second kappa shape index (κ2) is 6.90. The molecule has 2 fully saturated rings. The Balaban J connectivity index is 1.62. The molecule has 5 rings (SSSR count). The molecule has 0 atom stereocenters. The minimum atomic E-state index is -3.61. The molecule has 1 saturated carbocycles. The molecule has 0 amide bonds. The van der Waals surface area contributed by atoms with Crippen molar-refractivity contribution < 1.29 is 8.42 Å². The van der Waals surface area contributed by atoms with Gasteiger partial charge in [-0.3, -0.25) is 0 Å². The van der Waals surface area contributed by atoms with Gasteiger partial charge in [0.15, 0.2) is 0 Å². The van der Waals surface area contributed by atoms with Crippen LogP contribution < -0.4 is 10.2 Å². The zero-order valence-corrected chi connectivity index (χ0v) is 17.8. The van der Waals surface area contributed by atoms with Gasteiger partial charge in [0.05, 0.1) is 9.79 Å². The Morgan fingerprint density at radius 1 is 1.04 bits per heavy atom. The Morgan fingerprint density at radius 2 is 1.82 bits per heavy atom. The number of rotatable bonds is 4. The topological polar surface area (TPSA) is 54.3 Å². The average molecular weight is 460 g/mol. The summed E-state index contributed by atoms with van der Waals surface area (Å²) < 4.78 is 30.2. The smallest absolute Gasteiger partial charge is 0.208 e. The largest absolute Gasteiger partial charge is 0.369 e. The number of sulfone groups is 1. The fourth-order valence-corrected chi connectivity index (χ4v) is 5.82. The van der Waals surface area contributed by atoms with Gasteiger partial charge in [-0.05, 0) is 49.2 Å². The van der Waals surface area contributed by atoms with Gasteiger partial charge in [0.1, 0.15) is 0 Å². The van der Waals surface area contributed by atoms with Crippen LogP contribution >= 0.6 is 15.9 Å². The monoisotopic (exact) mass is 459 g/mol. The van der Waals surface area contributed by atoms with E-state index in [1.54, 1.807) is 6.07 Å². The highest BCUT2D eigenvalue weighted by Crippen LogP contribution is 2.41. The lowest BCUT2D eigenvalue weighted by Gasteiger charge is -2.29. The number of nitrogens with zero attached hydrogens (tertiary/aromatic N) is 2. The van der Waals surface area contributed by atoms with Crippen LogP contribution in [0.25, 0.3) is 10.9 Å². The minimum absolute atomic E-state index is 0.360. The van der Waals surface area contributed by atoms with Gasteiger partial charge in [-0.2, -0.15) is 0 Å². The normalized spacial score (nSPS) is 18.0. The Kier molecular flexibility index (Phi) is 4.49. The Labute approximate surface area is 173 Å². The first-order valence-electron chi connectivity index (χ1n) is 9.65. The number of benzene rings is 2. The second-order valence-electron chi connectivity index (χ2n) is 7.53. The Bertz CT molecular complexity index is 1150. The van der Waals surface area contributed by atoms with Crippen LogP contribution in [0.5, 0.6) is 0 Å². The van der Waals surface area contributed by atoms with Gasteiger partial charge in [0.2, 0.25) is 9.84 Å². The van der Waals surface area contributed by atoms with Gasteiger partial charge in [-0.15, -0.1) is 0 Å². The van der Waals surface area contributed by atoms with Crippen LogP contribution in [0.4, 0.5) is 5.69 Å². The first kappa shape index (κ1) is 18.2. The van der Waals surface area contributed by atoms with Crippen molar-refractivity contribution in [1.82, 2.24) is 9.88 Å². The molecule has 0 unspecified atom stereocenters. The molecule has 5 nitrogen and oxygen atoms in total. The summed E-state index contributed by atoms with van der Waals surface area (Å²) in [5, 5.41) is 4.12. The third-order valence-corrected chi connectivity index (χ3v) is 7.87. The van der Waals surface area contributed by atoms with Crippen molar-refractivity contribution in [3.05, 3.63) is 53.1 Å². The first-order valence-corrected chi connectivity index (χ1v) is 11.9. The SMILES string of the molecule is O=S(=O)(c1cccc(N2CCNCC2)c1)c1cn(C2CC2)c2ccc(Br)cc12. The van der Waals surface area contributed by atoms with Crippen LogP contribution in [0.2, 0.25) is 0 Å². The molecule has 1 aromatic heterocycles. The summed E-state index contributed by atoms with van der Waals surface area (Å²) in [6, 6.07) is 13.7.